The van der Waals surface area contributed by atoms with Crippen LogP contribution in [0.15, 0.2) is 59.1 Å². The lowest BCUT2D eigenvalue weighted by Crippen LogP contribution is -2.45. The number of pyridine rings is 1. The second-order valence-electron chi connectivity index (χ2n) is 8.93. The minimum absolute atomic E-state index is 0.0554. The number of hydrogen-bond donors (Lipinski definition) is 2. The fourth-order valence-electron chi connectivity index (χ4n) is 4.32. The van der Waals surface area contributed by atoms with Gasteiger partial charge in [-0.2, -0.15) is 0 Å². The number of amides is 1. The quantitative estimate of drug-likeness (QED) is 0.263. The molecule has 0 aliphatic heterocycles. The van der Waals surface area contributed by atoms with Crippen molar-refractivity contribution in [3.63, 3.8) is 0 Å². The molecule has 0 aliphatic rings. The number of nitrogens with one attached hydrogen (secondary N) is 2. The van der Waals surface area contributed by atoms with Gasteiger partial charge in [-0.15, -0.1) is 0 Å². The number of fused-ring (bicyclic) bond motifs is 1. The van der Waals surface area contributed by atoms with E-state index in [1.165, 1.54) is 14.2 Å². The summed E-state index contributed by atoms with van der Waals surface area (Å²) in [6.07, 6.45) is 2.73. The lowest BCUT2D eigenvalue weighted by Gasteiger charge is -2.17. The molecule has 12 heteroatoms. The molecule has 0 radical (unpaired) electrons. The maximum atomic E-state index is 12.9. The number of benzene rings is 2. The predicted octanol–water partition coefficient (Wildman–Crippen LogP) is 3.48. The summed E-state index contributed by atoms with van der Waals surface area (Å²) in [5.74, 6) is 1.64. The molecular formula is C28H31N3O8S. The summed E-state index contributed by atoms with van der Waals surface area (Å²) >= 11 is 0. The molecule has 2 N–H and O–H groups in total. The zero-order valence-electron chi connectivity index (χ0n) is 22.8. The van der Waals surface area contributed by atoms with E-state index in [-0.39, 0.29) is 19.1 Å². The van der Waals surface area contributed by atoms with Crippen LogP contribution in [-0.2, 0) is 14.8 Å². The maximum Gasteiger partial charge on any atom is 0.251 e. The number of carbonyl (C=O) groups excluding carboxylic acids is 1. The average molecular weight is 570 g/mol. The van der Waals surface area contributed by atoms with Crippen molar-refractivity contribution in [2.75, 3.05) is 47.8 Å². The minimum Gasteiger partial charge on any atom is -0.493 e. The van der Waals surface area contributed by atoms with Crippen LogP contribution in [0.5, 0.6) is 17.2 Å². The van der Waals surface area contributed by atoms with E-state index in [1.807, 2.05) is 18.2 Å². The molecule has 11 nitrogen and oxygen atoms in total. The Morgan fingerprint density at radius 3 is 2.33 bits per heavy atom. The standard InChI is InChI=1S/C28H31N3O8S/c1-35-16-20(31-40(5,33)34)15-30-28(32)18-8-6-7-17(11-18)21-9-10-29-22-14-23(39-26(21)22)19-12-24(36-2)27(38-4)25(13-19)37-3/h6-14,20,31H,15-16H2,1-5H3,(H,30,32)/t20-/m1/s1. The number of hydrogen-bond acceptors (Lipinski definition) is 9. The van der Waals surface area contributed by atoms with Crippen LogP contribution >= 0.6 is 0 Å². The van der Waals surface area contributed by atoms with E-state index in [0.717, 1.165) is 17.4 Å². The monoisotopic (exact) mass is 569 g/mol. The van der Waals surface area contributed by atoms with Crippen LogP contribution in [0, 0.1) is 0 Å². The molecule has 2 aromatic heterocycles. The zero-order chi connectivity index (χ0) is 28.9. The molecule has 2 aromatic carbocycles. The van der Waals surface area contributed by atoms with Crippen molar-refractivity contribution in [2.45, 2.75) is 6.04 Å². The third kappa shape index (κ3) is 6.53. The van der Waals surface area contributed by atoms with Crippen molar-refractivity contribution in [1.29, 1.82) is 0 Å². The summed E-state index contributed by atoms with van der Waals surface area (Å²) in [7, 11) is 2.61. The summed E-state index contributed by atoms with van der Waals surface area (Å²) in [5.41, 5.74) is 3.77. The lowest BCUT2D eigenvalue weighted by molar-refractivity contribution is 0.0941. The van der Waals surface area contributed by atoms with Crippen LogP contribution in [0.4, 0.5) is 0 Å². The van der Waals surface area contributed by atoms with Gasteiger partial charge in [0, 0.05) is 42.6 Å². The van der Waals surface area contributed by atoms with Crippen molar-refractivity contribution in [1.82, 2.24) is 15.0 Å². The van der Waals surface area contributed by atoms with Gasteiger partial charge in [0.25, 0.3) is 5.91 Å². The van der Waals surface area contributed by atoms with E-state index in [2.05, 4.69) is 15.0 Å². The van der Waals surface area contributed by atoms with Gasteiger partial charge in [0.2, 0.25) is 15.8 Å². The molecule has 4 rings (SSSR count). The summed E-state index contributed by atoms with van der Waals surface area (Å²) < 4.78 is 53.4. The van der Waals surface area contributed by atoms with Gasteiger partial charge in [-0.1, -0.05) is 12.1 Å². The fraction of sp³-hybridized carbons (Fsp3) is 0.286. The average Bonchev–Trinajstić information content (AvgIpc) is 3.39. The molecular weight excluding hydrogens is 538 g/mol. The first-order valence-corrected chi connectivity index (χ1v) is 14.1. The van der Waals surface area contributed by atoms with Crippen LogP contribution in [0.3, 0.4) is 0 Å². The first kappa shape index (κ1) is 28.9. The van der Waals surface area contributed by atoms with Crippen LogP contribution in [-0.4, -0.2) is 73.2 Å². The normalized spacial score (nSPS) is 12.2. The molecule has 0 bridgehead atoms. The van der Waals surface area contributed by atoms with Crippen molar-refractivity contribution in [3.05, 3.63) is 60.3 Å². The Bertz CT molecular complexity index is 1590. The number of sulfonamides is 1. The molecule has 0 fully saturated rings. The van der Waals surface area contributed by atoms with Crippen molar-refractivity contribution in [3.8, 4) is 39.7 Å². The molecule has 1 amide bonds. The molecule has 0 aliphatic carbocycles. The SMILES string of the molecule is COC[C@@H](CNC(=O)c1cccc(-c2ccnc3cc(-c4cc(OC)c(OC)c(OC)c4)oc23)c1)NS(C)(=O)=O. The fourth-order valence-corrected chi connectivity index (χ4v) is 5.07. The van der Waals surface area contributed by atoms with Crippen LogP contribution < -0.4 is 24.2 Å². The van der Waals surface area contributed by atoms with E-state index in [0.29, 0.717) is 45.2 Å². The number of carbonyl (C=O) groups is 1. The summed E-state index contributed by atoms with van der Waals surface area (Å²) in [6.45, 7) is 0.162. The number of methoxy groups -OCH3 is 4. The molecule has 2 heterocycles. The van der Waals surface area contributed by atoms with Gasteiger partial charge in [0.15, 0.2) is 17.1 Å². The molecule has 212 valence electrons. The molecule has 0 unspecified atom stereocenters. The minimum atomic E-state index is -3.47. The lowest BCUT2D eigenvalue weighted by atomic mass is 10.0. The smallest absolute Gasteiger partial charge is 0.251 e. The highest BCUT2D eigenvalue weighted by Crippen LogP contribution is 2.42. The van der Waals surface area contributed by atoms with Crippen molar-refractivity contribution < 1.29 is 36.6 Å². The molecule has 40 heavy (non-hydrogen) atoms. The predicted molar refractivity (Wildman–Crippen MR) is 151 cm³/mol. The first-order valence-electron chi connectivity index (χ1n) is 12.2. The Morgan fingerprint density at radius 1 is 0.975 bits per heavy atom. The third-order valence-corrected chi connectivity index (χ3v) is 6.82. The Kier molecular flexibility index (Phi) is 8.93. The second kappa shape index (κ2) is 12.4. The Balaban J connectivity index is 1.64. The van der Waals surface area contributed by atoms with E-state index < -0.39 is 16.1 Å². The van der Waals surface area contributed by atoms with Gasteiger partial charge in [-0.25, -0.2) is 13.1 Å². The van der Waals surface area contributed by atoms with Gasteiger partial charge in [-0.05, 0) is 35.9 Å². The molecule has 0 saturated carbocycles. The molecule has 0 spiro atoms. The summed E-state index contributed by atoms with van der Waals surface area (Å²) in [5, 5.41) is 2.76. The molecule has 4 aromatic rings. The van der Waals surface area contributed by atoms with E-state index in [4.69, 9.17) is 23.4 Å². The molecule has 1 atom stereocenters. The van der Waals surface area contributed by atoms with Gasteiger partial charge in [-0.3, -0.25) is 9.78 Å². The van der Waals surface area contributed by atoms with E-state index in [1.54, 1.807) is 50.7 Å². The largest absolute Gasteiger partial charge is 0.493 e. The third-order valence-electron chi connectivity index (χ3n) is 6.05. The number of nitrogens with zero attached hydrogens (tertiary/aromatic N) is 1. The van der Waals surface area contributed by atoms with Crippen LogP contribution in [0.25, 0.3) is 33.6 Å². The number of rotatable bonds is 12. The Labute approximate surface area is 232 Å². The van der Waals surface area contributed by atoms with Gasteiger partial charge in [0.05, 0.1) is 40.2 Å². The summed E-state index contributed by atoms with van der Waals surface area (Å²) in [6, 6.07) is 13.7. The van der Waals surface area contributed by atoms with Crippen LogP contribution in [0.1, 0.15) is 10.4 Å². The van der Waals surface area contributed by atoms with Crippen molar-refractivity contribution in [2.24, 2.45) is 0 Å². The highest BCUT2D eigenvalue weighted by molar-refractivity contribution is 7.88. The first-order chi connectivity index (χ1) is 19.2. The Hall–Kier alpha value is -4.13. The zero-order valence-corrected chi connectivity index (χ0v) is 23.6. The van der Waals surface area contributed by atoms with Gasteiger partial charge < -0.3 is 28.7 Å². The highest BCUT2D eigenvalue weighted by atomic mass is 32.2. The number of furan rings is 1. The Morgan fingerprint density at radius 2 is 1.70 bits per heavy atom. The number of aromatic nitrogens is 1. The van der Waals surface area contributed by atoms with Gasteiger partial charge >= 0.3 is 0 Å². The molecule has 0 saturated heterocycles. The second-order valence-corrected chi connectivity index (χ2v) is 10.7. The number of ether oxygens (including phenoxy) is 4. The highest BCUT2D eigenvalue weighted by Gasteiger charge is 2.19. The van der Waals surface area contributed by atoms with Crippen LogP contribution in [0.2, 0.25) is 0 Å². The van der Waals surface area contributed by atoms with Gasteiger partial charge in [0.1, 0.15) is 11.3 Å². The van der Waals surface area contributed by atoms with Crippen molar-refractivity contribution >= 4 is 27.0 Å². The summed E-state index contributed by atoms with van der Waals surface area (Å²) in [4.78, 5) is 17.4. The van der Waals surface area contributed by atoms with E-state index >= 15 is 0 Å². The topological polar surface area (TPSA) is 138 Å². The maximum absolute atomic E-state index is 12.9. The van der Waals surface area contributed by atoms with E-state index in [9.17, 15) is 13.2 Å².